The first kappa shape index (κ1) is 24.1. The minimum Gasteiger partial charge on any atom is -0.494 e. The number of nitrogens with zero attached hydrogens (tertiary/aromatic N) is 2. The van der Waals surface area contributed by atoms with Crippen LogP contribution in [0.1, 0.15) is 25.3 Å². The van der Waals surface area contributed by atoms with Crippen molar-refractivity contribution < 1.29 is 19.4 Å². The van der Waals surface area contributed by atoms with Crippen molar-refractivity contribution in [3.05, 3.63) is 103 Å². The van der Waals surface area contributed by atoms with Crippen LogP contribution in [0.3, 0.4) is 0 Å². The van der Waals surface area contributed by atoms with Crippen LogP contribution in [-0.4, -0.2) is 27.4 Å². The van der Waals surface area contributed by atoms with Gasteiger partial charge in [-0.25, -0.2) is 9.78 Å². The number of carbonyl (C=O) groups is 1. The number of para-hydroxylation sites is 3. The zero-order valence-corrected chi connectivity index (χ0v) is 20.6. The third kappa shape index (κ3) is 5.48. The highest BCUT2D eigenvalue weighted by molar-refractivity contribution is 5.81. The van der Waals surface area contributed by atoms with E-state index in [2.05, 4.69) is 41.8 Å². The molecule has 0 saturated heterocycles. The standard InChI is InChI=1S/C31H28N2O4/c1-2-3-20-36-25-18-16-24(17-19-25)30-32-27-9-5-6-10-28(27)33(30)21-22-12-14-23(15-13-22)26-8-4-7-11-29(26)37-31(34)35/h4-19H,2-3,20-21H2,1H3,(H,34,35). The van der Waals surface area contributed by atoms with Crippen LogP contribution in [0.2, 0.25) is 0 Å². The van der Waals surface area contributed by atoms with E-state index in [0.717, 1.165) is 64.3 Å². The number of fused-ring (bicyclic) bond motifs is 1. The van der Waals surface area contributed by atoms with E-state index in [9.17, 15) is 4.79 Å². The number of imidazole rings is 1. The average molecular weight is 493 g/mol. The second-order valence-corrected chi connectivity index (χ2v) is 8.80. The normalized spacial score (nSPS) is 10.9. The Hall–Kier alpha value is -4.58. The van der Waals surface area contributed by atoms with Crippen molar-refractivity contribution in [3.8, 4) is 34.0 Å². The molecule has 0 radical (unpaired) electrons. The van der Waals surface area contributed by atoms with E-state index in [4.69, 9.17) is 19.6 Å². The summed E-state index contributed by atoms with van der Waals surface area (Å²) in [5.41, 5.74) is 5.74. The maximum Gasteiger partial charge on any atom is 0.511 e. The molecule has 1 N–H and O–H groups in total. The summed E-state index contributed by atoms with van der Waals surface area (Å²) < 4.78 is 13.0. The lowest BCUT2D eigenvalue weighted by Gasteiger charge is -2.12. The molecule has 0 bridgehead atoms. The zero-order valence-electron chi connectivity index (χ0n) is 20.6. The van der Waals surface area contributed by atoms with Crippen molar-refractivity contribution in [3.63, 3.8) is 0 Å². The number of aromatic nitrogens is 2. The Kier molecular flexibility index (Phi) is 7.17. The second kappa shape index (κ2) is 11.0. The molecule has 0 spiro atoms. The average Bonchev–Trinajstić information content (AvgIpc) is 3.28. The van der Waals surface area contributed by atoms with Crippen molar-refractivity contribution in [2.45, 2.75) is 26.3 Å². The molecule has 5 aromatic rings. The molecule has 6 heteroatoms. The maximum absolute atomic E-state index is 11.1. The van der Waals surface area contributed by atoms with Gasteiger partial charge in [0.15, 0.2) is 0 Å². The van der Waals surface area contributed by atoms with Gasteiger partial charge >= 0.3 is 6.16 Å². The molecule has 0 saturated carbocycles. The van der Waals surface area contributed by atoms with Gasteiger partial charge in [0.25, 0.3) is 0 Å². The van der Waals surface area contributed by atoms with Gasteiger partial charge < -0.3 is 19.1 Å². The highest BCUT2D eigenvalue weighted by Crippen LogP contribution is 2.31. The van der Waals surface area contributed by atoms with E-state index < -0.39 is 6.16 Å². The van der Waals surface area contributed by atoms with Crippen molar-refractivity contribution in [1.29, 1.82) is 0 Å². The molecule has 0 aliphatic carbocycles. The quantitative estimate of drug-likeness (QED) is 0.130. The molecule has 0 atom stereocenters. The molecule has 1 heterocycles. The van der Waals surface area contributed by atoms with E-state index in [1.165, 1.54) is 0 Å². The molecular formula is C31H28N2O4. The lowest BCUT2D eigenvalue weighted by Crippen LogP contribution is -2.04. The van der Waals surface area contributed by atoms with Gasteiger partial charge in [-0.1, -0.05) is 67.9 Å². The summed E-state index contributed by atoms with van der Waals surface area (Å²) in [4.78, 5) is 16.0. The summed E-state index contributed by atoms with van der Waals surface area (Å²) >= 11 is 0. The topological polar surface area (TPSA) is 73.6 Å². The summed E-state index contributed by atoms with van der Waals surface area (Å²) in [6.07, 6.45) is 0.810. The number of ether oxygens (including phenoxy) is 2. The van der Waals surface area contributed by atoms with Crippen molar-refractivity contribution in [1.82, 2.24) is 9.55 Å². The van der Waals surface area contributed by atoms with E-state index >= 15 is 0 Å². The third-order valence-electron chi connectivity index (χ3n) is 6.22. The molecule has 4 aromatic carbocycles. The van der Waals surface area contributed by atoms with Gasteiger partial charge in [-0.2, -0.15) is 0 Å². The number of unbranched alkanes of at least 4 members (excludes halogenated alkanes) is 1. The van der Waals surface area contributed by atoms with Crippen molar-refractivity contribution >= 4 is 17.2 Å². The number of benzene rings is 4. The van der Waals surface area contributed by atoms with Crippen LogP contribution in [0, 0.1) is 0 Å². The van der Waals surface area contributed by atoms with Crippen molar-refractivity contribution in [2.75, 3.05) is 6.61 Å². The molecule has 0 aliphatic rings. The Morgan fingerprint density at radius 1 is 0.865 bits per heavy atom. The zero-order chi connectivity index (χ0) is 25.6. The molecule has 0 unspecified atom stereocenters. The molecule has 186 valence electrons. The van der Waals surface area contributed by atoms with E-state index in [1.54, 1.807) is 12.1 Å². The minimum atomic E-state index is -1.33. The Balaban J connectivity index is 1.44. The summed E-state index contributed by atoms with van der Waals surface area (Å²) in [6.45, 7) is 3.51. The van der Waals surface area contributed by atoms with E-state index in [0.29, 0.717) is 12.3 Å². The van der Waals surface area contributed by atoms with Gasteiger partial charge in [-0.3, -0.25) is 0 Å². The Labute approximate surface area is 215 Å². The van der Waals surface area contributed by atoms with Crippen LogP contribution in [0.5, 0.6) is 11.5 Å². The first-order valence-corrected chi connectivity index (χ1v) is 12.4. The smallest absolute Gasteiger partial charge is 0.494 e. The van der Waals surface area contributed by atoms with Crippen LogP contribution in [0.25, 0.3) is 33.5 Å². The number of rotatable bonds is 9. The van der Waals surface area contributed by atoms with Crippen LogP contribution in [0.15, 0.2) is 97.1 Å². The highest BCUT2D eigenvalue weighted by atomic mass is 16.7. The van der Waals surface area contributed by atoms with Gasteiger partial charge in [0.1, 0.15) is 17.3 Å². The van der Waals surface area contributed by atoms with Gasteiger partial charge in [0.2, 0.25) is 0 Å². The Morgan fingerprint density at radius 2 is 1.57 bits per heavy atom. The van der Waals surface area contributed by atoms with Crippen LogP contribution >= 0.6 is 0 Å². The summed E-state index contributed by atoms with van der Waals surface area (Å²) in [7, 11) is 0. The molecule has 0 fully saturated rings. The van der Waals surface area contributed by atoms with Crippen LogP contribution in [0.4, 0.5) is 4.79 Å². The molecule has 0 amide bonds. The predicted molar refractivity (Wildman–Crippen MR) is 145 cm³/mol. The first-order valence-electron chi connectivity index (χ1n) is 12.4. The Morgan fingerprint density at radius 3 is 2.32 bits per heavy atom. The fourth-order valence-corrected chi connectivity index (χ4v) is 4.35. The van der Waals surface area contributed by atoms with Gasteiger partial charge in [0, 0.05) is 17.7 Å². The number of hydrogen-bond donors (Lipinski definition) is 1. The van der Waals surface area contributed by atoms with E-state index in [-0.39, 0.29) is 0 Å². The molecule has 0 aliphatic heterocycles. The second-order valence-electron chi connectivity index (χ2n) is 8.80. The first-order chi connectivity index (χ1) is 18.1. The summed E-state index contributed by atoms with van der Waals surface area (Å²) in [5.74, 6) is 2.07. The monoisotopic (exact) mass is 492 g/mol. The van der Waals surface area contributed by atoms with E-state index in [1.807, 2.05) is 54.6 Å². The largest absolute Gasteiger partial charge is 0.511 e. The minimum absolute atomic E-state index is 0.313. The molecule has 37 heavy (non-hydrogen) atoms. The van der Waals surface area contributed by atoms with Crippen molar-refractivity contribution in [2.24, 2.45) is 0 Å². The Bertz CT molecular complexity index is 1510. The van der Waals surface area contributed by atoms with Gasteiger partial charge in [0.05, 0.1) is 17.6 Å². The highest BCUT2D eigenvalue weighted by Gasteiger charge is 2.14. The summed E-state index contributed by atoms with van der Waals surface area (Å²) in [5, 5.41) is 9.06. The maximum atomic E-state index is 11.1. The fraction of sp³-hybridized carbons (Fsp3) is 0.161. The lowest BCUT2D eigenvalue weighted by atomic mass is 10.0. The third-order valence-corrected chi connectivity index (χ3v) is 6.22. The summed E-state index contributed by atoms with van der Waals surface area (Å²) in [6, 6.07) is 31.5. The van der Waals surface area contributed by atoms with Gasteiger partial charge in [-0.05, 0) is 60.0 Å². The molecule has 6 nitrogen and oxygen atoms in total. The lowest BCUT2D eigenvalue weighted by molar-refractivity contribution is 0.144. The SMILES string of the molecule is CCCCOc1ccc(-c2nc3ccccc3n2Cc2ccc(-c3ccccc3OC(=O)O)cc2)cc1. The van der Waals surface area contributed by atoms with Crippen LogP contribution < -0.4 is 9.47 Å². The molecular weight excluding hydrogens is 464 g/mol. The number of hydrogen-bond acceptors (Lipinski definition) is 4. The molecule has 1 aromatic heterocycles. The predicted octanol–water partition coefficient (Wildman–Crippen LogP) is 7.65. The van der Waals surface area contributed by atoms with Crippen LogP contribution in [-0.2, 0) is 6.54 Å². The fourth-order valence-electron chi connectivity index (χ4n) is 4.35. The number of carboxylic acid groups (broad SMARTS) is 1. The van der Waals surface area contributed by atoms with Gasteiger partial charge in [-0.15, -0.1) is 0 Å². The molecule has 5 rings (SSSR count).